The van der Waals surface area contributed by atoms with Gasteiger partial charge in [0.1, 0.15) is 0 Å². The fraction of sp³-hybridized carbons (Fsp3) is 0.923. The molecule has 0 spiro atoms. The summed E-state index contributed by atoms with van der Waals surface area (Å²) in [4.78, 5) is 14.6. The van der Waals surface area contributed by atoms with E-state index in [-0.39, 0.29) is 5.54 Å². The second-order valence-corrected chi connectivity index (χ2v) is 6.26. The lowest BCUT2D eigenvalue weighted by molar-refractivity contribution is -0.142. The van der Waals surface area contributed by atoms with Gasteiger partial charge in [-0.1, -0.05) is 6.42 Å². The van der Waals surface area contributed by atoms with Crippen LogP contribution in [0.4, 0.5) is 0 Å². The van der Waals surface area contributed by atoms with Crippen LogP contribution in [0.1, 0.15) is 33.1 Å². The number of amides is 1. The van der Waals surface area contributed by atoms with E-state index in [1.807, 2.05) is 0 Å². The average Bonchev–Trinajstić information content (AvgIpc) is 2.65. The monoisotopic (exact) mass is 222 g/mol. The molecular formula is C13H22N2O. The van der Waals surface area contributed by atoms with Gasteiger partial charge in [0.15, 0.2) is 0 Å². The van der Waals surface area contributed by atoms with Crippen molar-refractivity contribution in [2.45, 2.75) is 38.6 Å². The first-order valence-corrected chi connectivity index (χ1v) is 6.63. The minimum absolute atomic E-state index is 0.0703. The van der Waals surface area contributed by atoms with Crippen molar-refractivity contribution in [1.29, 1.82) is 0 Å². The molecule has 2 saturated heterocycles. The zero-order valence-corrected chi connectivity index (χ0v) is 10.3. The predicted octanol–water partition coefficient (Wildman–Crippen LogP) is 1.24. The Morgan fingerprint density at radius 3 is 2.62 bits per heavy atom. The summed E-state index contributed by atoms with van der Waals surface area (Å²) in [6.45, 7) is 7.68. The van der Waals surface area contributed by atoms with Crippen LogP contribution in [0.5, 0.6) is 0 Å². The van der Waals surface area contributed by atoms with E-state index in [1.54, 1.807) is 0 Å². The maximum Gasteiger partial charge on any atom is 0.226 e. The number of likely N-dealkylation sites (tertiary alicyclic amines) is 1. The van der Waals surface area contributed by atoms with Crippen LogP contribution in [0.15, 0.2) is 0 Å². The number of fused-ring (bicyclic) bond motifs is 1. The molecule has 1 saturated carbocycles. The van der Waals surface area contributed by atoms with Crippen molar-refractivity contribution >= 4 is 5.91 Å². The molecule has 2 heterocycles. The van der Waals surface area contributed by atoms with E-state index in [0.717, 1.165) is 32.5 Å². The molecule has 2 aliphatic heterocycles. The zero-order chi connectivity index (χ0) is 11.3. The Bertz CT molecular complexity index is 309. The molecule has 3 fully saturated rings. The summed E-state index contributed by atoms with van der Waals surface area (Å²) < 4.78 is 0. The Morgan fingerprint density at radius 2 is 2.06 bits per heavy atom. The Hall–Kier alpha value is -0.570. The normalized spacial score (nSPS) is 37.2. The first kappa shape index (κ1) is 10.6. The highest BCUT2D eigenvalue weighted by atomic mass is 16.2. The third kappa shape index (κ3) is 1.33. The summed E-state index contributed by atoms with van der Waals surface area (Å²) in [6.07, 6.45) is 3.50. The van der Waals surface area contributed by atoms with Crippen molar-refractivity contribution in [1.82, 2.24) is 10.2 Å². The van der Waals surface area contributed by atoms with Gasteiger partial charge in [-0.05, 0) is 38.5 Å². The molecule has 1 N–H and O–H groups in total. The van der Waals surface area contributed by atoms with Crippen molar-refractivity contribution < 1.29 is 4.79 Å². The summed E-state index contributed by atoms with van der Waals surface area (Å²) in [5.74, 6) is 2.15. The number of nitrogens with zero attached hydrogens (tertiary/aromatic N) is 1. The van der Waals surface area contributed by atoms with Crippen LogP contribution in [-0.4, -0.2) is 36.0 Å². The van der Waals surface area contributed by atoms with Gasteiger partial charge in [0.05, 0.1) is 0 Å². The standard InChI is InChI=1S/C13H22N2O/c1-13(2)11-7-14-6-10(11)8-15(13)12(16)9-4-3-5-9/h9-11,14H,3-8H2,1-2H3. The summed E-state index contributed by atoms with van der Waals surface area (Å²) in [6, 6.07) is 0. The molecule has 0 radical (unpaired) electrons. The van der Waals surface area contributed by atoms with Gasteiger partial charge in [0.25, 0.3) is 0 Å². The van der Waals surface area contributed by atoms with Crippen molar-refractivity contribution in [2.24, 2.45) is 17.8 Å². The summed E-state index contributed by atoms with van der Waals surface area (Å²) in [7, 11) is 0. The molecule has 1 aliphatic carbocycles. The van der Waals surface area contributed by atoms with E-state index in [0.29, 0.717) is 23.7 Å². The van der Waals surface area contributed by atoms with Gasteiger partial charge in [0.2, 0.25) is 5.91 Å². The van der Waals surface area contributed by atoms with Crippen molar-refractivity contribution in [3.63, 3.8) is 0 Å². The molecule has 0 aromatic carbocycles. The molecule has 3 heteroatoms. The number of hydrogen-bond acceptors (Lipinski definition) is 2. The van der Waals surface area contributed by atoms with Crippen molar-refractivity contribution in [2.75, 3.05) is 19.6 Å². The molecule has 3 aliphatic rings. The number of nitrogens with one attached hydrogen (secondary N) is 1. The first-order chi connectivity index (χ1) is 7.60. The quantitative estimate of drug-likeness (QED) is 0.724. The first-order valence-electron chi connectivity index (χ1n) is 6.63. The predicted molar refractivity (Wildman–Crippen MR) is 63.0 cm³/mol. The van der Waals surface area contributed by atoms with E-state index in [2.05, 4.69) is 24.1 Å². The summed E-state index contributed by atoms with van der Waals surface area (Å²) >= 11 is 0. The topological polar surface area (TPSA) is 32.3 Å². The van der Waals surface area contributed by atoms with E-state index < -0.39 is 0 Å². The smallest absolute Gasteiger partial charge is 0.226 e. The second-order valence-electron chi connectivity index (χ2n) is 6.26. The minimum atomic E-state index is 0.0703. The van der Waals surface area contributed by atoms with Gasteiger partial charge in [-0.2, -0.15) is 0 Å². The molecule has 1 amide bonds. The number of carbonyl (C=O) groups is 1. The average molecular weight is 222 g/mol. The lowest BCUT2D eigenvalue weighted by Crippen LogP contribution is -2.50. The van der Waals surface area contributed by atoms with Crippen LogP contribution in [-0.2, 0) is 4.79 Å². The second kappa shape index (κ2) is 3.46. The third-order valence-electron chi connectivity index (χ3n) is 5.08. The minimum Gasteiger partial charge on any atom is -0.337 e. The maximum atomic E-state index is 12.4. The maximum absolute atomic E-state index is 12.4. The Labute approximate surface area is 97.6 Å². The molecule has 0 bridgehead atoms. The molecule has 3 nitrogen and oxygen atoms in total. The van der Waals surface area contributed by atoms with Crippen LogP contribution in [0.25, 0.3) is 0 Å². The molecule has 0 aromatic heterocycles. The van der Waals surface area contributed by atoms with Gasteiger partial charge in [-0.25, -0.2) is 0 Å². The molecule has 3 rings (SSSR count). The lowest BCUT2D eigenvalue weighted by Gasteiger charge is -2.39. The highest BCUT2D eigenvalue weighted by Gasteiger charge is 2.52. The van der Waals surface area contributed by atoms with E-state index in [4.69, 9.17) is 0 Å². The Kier molecular flexibility index (Phi) is 2.29. The number of carbonyl (C=O) groups excluding carboxylic acids is 1. The lowest BCUT2D eigenvalue weighted by atomic mass is 9.82. The third-order valence-corrected chi connectivity index (χ3v) is 5.08. The SMILES string of the molecule is CC1(C)C2CNCC2CN1C(=O)C1CCC1. The molecule has 90 valence electrons. The summed E-state index contributed by atoms with van der Waals surface area (Å²) in [5, 5.41) is 3.46. The van der Waals surface area contributed by atoms with Crippen molar-refractivity contribution in [3.8, 4) is 0 Å². The van der Waals surface area contributed by atoms with E-state index in [1.165, 1.54) is 6.42 Å². The van der Waals surface area contributed by atoms with Crippen molar-refractivity contribution in [3.05, 3.63) is 0 Å². The van der Waals surface area contributed by atoms with Gasteiger partial charge >= 0.3 is 0 Å². The van der Waals surface area contributed by atoms with Crippen LogP contribution in [0.3, 0.4) is 0 Å². The molecule has 2 atom stereocenters. The van der Waals surface area contributed by atoms with E-state index in [9.17, 15) is 4.79 Å². The molecule has 2 unspecified atom stereocenters. The summed E-state index contributed by atoms with van der Waals surface area (Å²) in [5.41, 5.74) is 0.0703. The largest absolute Gasteiger partial charge is 0.337 e. The van der Waals surface area contributed by atoms with Crippen LogP contribution < -0.4 is 5.32 Å². The number of rotatable bonds is 1. The number of hydrogen-bond donors (Lipinski definition) is 1. The van der Waals surface area contributed by atoms with Gasteiger partial charge < -0.3 is 10.2 Å². The zero-order valence-electron chi connectivity index (χ0n) is 10.3. The highest BCUT2D eigenvalue weighted by Crippen LogP contribution is 2.42. The Morgan fingerprint density at radius 1 is 1.31 bits per heavy atom. The highest BCUT2D eigenvalue weighted by molar-refractivity contribution is 5.80. The van der Waals surface area contributed by atoms with Gasteiger partial charge in [0, 0.05) is 31.1 Å². The van der Waals surface area contributed by atoms with Gasteiger partial charge in [-0.15, -0.1) is 0 Å². The fourth-order valence-electron chi connectivity index (χ4n) is 3.67. The molecule has 16 heavy (non-hydrogen) atoms. The van der Waals surface area contributed by atoms with E-state index >= 15 is 0 Å². The Balaban J connectivity index is 1.78. The van der Waals surface area contributed by atoms with Crippen LogP contribution in [0, 0.1) is 17.8 Å². The fourth-order valence-corrected chi connectivity index (χ4v) is 3.67. The van der Waals surface area contributed by atoms with Crippen LogP contribution >= 0.6 is 0 Å². The van der Waals surface area contributed by atoms with Crippen LogP contribution in [0.2, 0.25) is 0 Å². The molecular weight excluding hydrogens is 200 g/mol. The van der Waals surface area contributed by atoms with Gasteiger partial charge in [-0.3, -0.25) is 4.79 Å². The molecule has 0 aromatic rings.